The molecule has 0 saturated carbocycles. The van der Waals surface area contributed by atoms with E-state index >= 15 is 0 Å². The summed E-state index contributed by atoms with van der Waals surface area (Å²) in [6.07, 6.45) is 1.85. The van der Waals surface area contributed by atoms with Gasteiger partial charge in [-0.05, 0) is 29.9 Å². The molecule has 0 spiro atoms. The van der Waals surface area contributed by atoms with Crippen LogP contribution in [0, 0.1) is 0 Å². The fraction of sp³-hybridized carbons (Fsp3) is 0.188. The number of nitrogens with zero attached hydrogens (tertiary/aromatic N) is 1. The fourth-order valence-corrected chi connectivity index (χ4v) is 3.20. The molecule has 0 aliphatic rings. The van der Waals surface area contributed by atoms with Crippen LogP contribution in [0.4, 0.5) is 0 Å². The summed E-state index contributed by atoms with van der Waals surface area (Å²) in [5, 5.41) is 4.02. The molecule has 1 heterocycles. The molecule has 5 heteroatoms. The van der Waals surface area contributed by atoms with Crippen LogP contribution < -0.4 is 5.32 Å². The average molecular weight is 337 g/mol. The van der Waals surface area contributed by atoms with Crippen molar-refractivity contribution >= 4 is 40.3 Å². The quantitative estimate of drug-likeness (QED) is 0.619. The van der Waals surface area contributed by atoms with E-state index in [1.54, 1.807) is 11.3 Å². The molecule has 0 saturated heterocycles. The van der Waals surface area contributed by atoms with E-state index < -0.39 is 0 Å². The molecule has 0 aliphatic heterocycles. The molecule has 1 N–H and O–H groups in total. The average Bonchev–Trinajstić information content (AvgIpc) is 2.91. The number of nitrogens with one attached hydrogen (secondary N) is 1. The van der Waals surface area contributed by atoms with Gasteiger partial charge in [0.1, 0.15) is 0 Å². The second-order valence-corrected chi connectivity index (χ2v) is 6.71. The lowest BCUT2D eigenvalue weighted by atomic mass is 10.2. The van der Waals surface area contributed by atoms with E-state index in [0.717, 1.165) is 22.5 Å². The maximum absolute atomic E-state index is 5.97. The summed E-state index contributed by atoms with van der Waals surface area (Å²) in [6, 6.07) is 14.1. The number of hydrogen-bond acceptors (Lipinski definition) is 2. The third-order valence-corrected chi connectivity index (χ3v) is 4.52. The van der Waals surface area contributed by atoms with E-state index in [4.69, 9.17) is 23.8 Å². The third-order valence-electron chi connectivity index (χ3n) is 2.90. The third kappa shape index (κ3) is 5.16. The largest absolute Gasteiger partial charge is 0.358 e. The molecular weight excluding hydrogens is 320 g/mol. The lowest BCUT2D eigenvalue weighted by molar-refractivity contribution is 0.451. The van der Waals surface area contributed by atoms with Gasteiger partial charge < -0.3 is 10.2 Å². The molecule has 0 radical (unpaired) electrons. The molecule has 0 atom stereocenters. The SMILES string of the molecule is C=CCN(Cc1ccc(Cl)s1)C(=S)NCc1ccccc1. The predicted octanol–water partition coefficient (Wildman–Crippen LogP) is 4.46. The normalized spacial score (nSPS) is 10.1. The number of thiophene rings is 1. The Labute approximate surface area is 140 Å². The Kier molecular flexibility index (Phi) is 6.23. The van der Waals surface area contributed by atoms with Crippen molar-refractivity contribution in [3.05, 3.63) is 69.9 Å². The van der Waals surface area contributed by atoms with Crippen molar-refractivity contribution < 1.29 is 0 Å². The van der Waals surface area contributed by atoms with Crippen molar-refractivity contribution in [1.82, 2.24) is 10.2 Å². The Bertz CT molecular complexity index is 595. The van der Waals surface area contributed by atoms with Crippen LogP contribution in [0.3, 0.4) is 0 Å². The summed E-state index contributed by atoms with van der Waals surface area (Å²) in [7, 11) is 0. The highest BCUT2D eigenvalue weighted by Gasteiger charge is 2.10. The summed E-state index contributed by atoms with van der Waals surface area (Å²) in [5.74, 6) is 0. The van der Waals surface area contributed by atoms with E-state index in [1.807, 2.05) is 36.4 Å². The Balaban J connectivity index is 1.93. The van der Waals surface area contributed by atoms with Gasteiger partial charge in [0.05, 0.1) is 10.9 Å². The van der Waals surface area contributed by atoms with Crippen LogP contribution in [0.1, 0.15) is 10.4 Å². The van der Waals surface area contributed by atoms with E-state index in [9.17, 15) is 0 Å². The smallest absolute Gasteiger partial charge is 0.169 e. The fourth-order valence-electron chi connectivity index (χ4n) is 1.89. The molecule has 0 unspecified atom stereocenters. The number of halogens is 1. The van der Waals surface area contributed by atoms with Gasteiger partial charge >= 0.3 is 0 Å². The summed E-state index contributed by atoms with van der Waals surface area (Å²) in [6.45, 7) is 5.96. The first-order valence-electron chi connectivity index (χ1n) is 6.61. The Morgan fingerprint density at radius 2 is 2.05 bits per heavy atom. The second kappa shape index (κ2) is 8.17. The van der Waals surface area contributed by atoms with E-state index in [1.165, 1.54) is 10.4 Å². The molecule has 2 aromatic rings. The van der Waals surface area contributed by atoms with Crippen LogP contribution in [-0.4, -0.2) is 16.6 Å². The van der Waals surface area contributed by atoms with E-state index in [0.29, 0.717) is 6.54 Å². The van der Waals surface area contributed by atoms with Crippen molar-refractivity contribution in [2.45, 2.75) is 13.1 Å². The lowest BCUT2D eigenvalue weighted by Gasteiger charge is -2.24. The monoisotopic (exact) mass is 336 g/mol. The first kappa shape index (κ1) is 16.0. The maximum atomic E-state index is 5.97. The first-order chi connectivity index (χ1) is 10.2. The number of hydrogen-bond donors (Lipinski definition) is 1. The predicted molar refractivity (Wildman–Crippen MR) is 95.8 cm³/mol. The topological polar surface area (TPSA) is 15.3 Å². The Hall–Kier alpha value is -1.36. The lowest BCUT2D eigenvalue weighted by Crippen LogP contribution is -2.38. The van der Waals surface area contributed by atoms with Gasteiger partial charge in [-0.2, -0.15) is 0 Å². The van der Waals surface area contributed by atoms with Crippen LogP contribution in [-0.2, 0) is 13.1 Å². The molecule has 0 amide bonds. The number of benzene rings is 1. The van der Waals surface area contributed by atoms with Gasteiger partial charge in [-0.25, -0.2) is 0 Å². The second-order valence-electron chi connectivity index (χ2n) is 4.52. The van der Waals surface area contributed by atoms with Crippen LogP contribution in [0.15, 0.2) is 55.1 Å². The van der Waals surface area contributed by atoms with Gasteiger partial charge in [-0.15, -0.1) is 17.9 Å². The van der Waals surface area contributed by atoms with Gasteiger partial charge in [0.15, 0.2) is 5.11 Å². The zero-order valence-corrected chi connectivity index (χ0v) is 14.0. The molecular formula is C16H17ClN2S2. The van der Waals surface area contributed by atoms with Gasteiger partial charge in [0.25, 0.3) is 0 Å². The molecule has 2 rings (SSSR count). The van der Waals surface area contributed by atoms with Crippen LogP contribution in [0.2, 0.25) is 4.34 Å². The minimum atomic E-state index is 0.705. The van der Waals surface area contributed by atoms with Crippen molar-refractivity contribution in [3.63, 3.8) is 0 Å². The zero-order chi connectivity index (χ0) is 15.1. The molecule has 1 aromatic heterocycles. The molecule has 0 fully saturated rings. The molecule has 0 aliphatic carbocycles. The van der Waals surface area contributed by atoms with E-state index in [2.05, 4.69) is 28.9 Å². The van der Waals surface area contributed by atoms with Crippen molar-refractivity contribution in [1.29, 1.82) is 0 Å². The van der Waals surface area contributed by atoms with Gasteiger partial charge in [-0.3, -0.25) is 0 Å². The van der Waals surface area contributed by atoms with Gasteiger partial charge in [0.2, 0.25) is 0 Å². The van der Waals surface area contributed by atoms with Crippen molar-refractivity contribution in [2.75, 3.05) is 6.54 Å². The highest BCUT2D eigenvalue weighted by molar-refractivity contribution is 7.80. The minimum Gasteiger partial charge on any atom is -0.358 e. The highest BCUT2D eigenvalue weighted by atomic mass is 35.5. The molecule has 110 valence electrons. The highest BCUT2D eigenvalue weighted by Crippen LogP contribution is 2.22. The summed E-state index contributed by atoms with van der Waals surface area (Å²) >= 11 is 13.0. The maximum Gasteiger partial charge on any atom is 0.169 e. The Morgan fingerprint density at radius 1 is 1.29 bits per heavy atom. The first-order valence-corrected chi connectivity index (χ1v) is 8.21. The Morgan fingerprint density at radius 3 is 2.67 bits per heavy atom. The van der Waals surface area contributed by atoms with Gasteiger partial charge in [-0.1, -0.05) is 48.0 Å². The van der Waals surface area contributed by atoms with E-state index in [-0.39, 0.29) is 0 Å². The van der Waals surface area contributed by atoms with Crippen LogP contribution in [0.25, 0.3) is 0 Å². The minimum absolute atomic E-state index is 0.705. The van der Waals surface area contributed by atoms with Crippen molar-refractivity contribution in [2.24, 2.45) is 0 Å². The molecule has 1 aromatic carbocycles. The standard InChI is InChI=1S/C16H17ClN2S2/c1-2-10-19(12-14-8-9-15(17)21-14)16(20)18-11-13-6-4-3-5-7-13/h2-9H,1,10-12H2,(H,18,20). The van der Waals surface area contributed by atoms with Crippen LogP contribution in [0.5, 0.6) is 0 Å². The molecule has 21 heavy (non-hydrogen) atoms. The molecule has 2 nitrogen and oxygen atoms in total. The zero-order valence-electron chi connectivity index (χ0n) is 11.6. The van der Waals surface area contributed by atoms with Gasteiger partial charge in [0, 0.05) is 18.0 Å². The summed E-state index contributed by atoms with van der Waals surface area (Å²) in [4.78, 5) is 3.26. The molecule has 0 bridgehead atoms. The van der Waals surface area contributed by atoms with Crippen LogP contribution >= 0.6 is 35.2 Å². The summed E-state index contributed by atoms with van der Waals surface area (Å²) < 4.78 is 0.798. The number of thiocarbonyl (C=S) groups is 1. The van der Waals surface area contributed by atoms with Crippen molar-refractivity contribution in [3.8, 4) is 0 Å². The number of rotatable bonds is 6. The summed E-state index contributed by atoms with van der Waals surface area (Å²) in [5.41, 5.74) is 1.21.